The van der Waals surface area contributed by atoms with E-state index >= 15 is 0 Å². The van der Waals surface area contributed by atoms with E-state index in [0.29, 0.717) is 25.7 Å². The Morgan fingerprint density at radius 2 is 2.06 bits per heavy atom. The van der Waals surface area contributed by atoms with Crippen LogP contribution in [0.2, 0.25) is 0 Å². The lowest BCUT2D eigenvalue weighted by Gasteiger charge is -2.33. The molecule has 0 aromatic carbocycles. The Bertz CT molecular complexity index is 430. The van der Waals surface area contributed by atoms with Crippen molar-refractivity contribution >= 4 is 15.9 Å². The summed E-state index contributed by atoms with van der Waals surface area (Å²) in [4.78, 5) is 10.5. The summed E-state index contributed by atoms with van der Waals surface area (Å²) in [5.74, 6) is 0. The fourth-order valence-corrected chi connectivity index (χ4v) is 3.16. The Labute approximate surface area is 101 Å². The van der Waals surface area contributed by atoms with Gasteiger partial charge >= 0.3 is 6.09 Å². The molecule has 96 valence electrons. The first kappa shape index (κ1) is 13.8. The van der Waals surface area contributed by atoms with Crippen LogP contribution < -0.4 is 5.73 Å². The van der Waals surface area contributed by atoms with E-state index in [9.17, 15) is 13.2 Å². The van der Waals surface area contributed by atoms with Gasteiger partial charge in [-0.3, -0.25) is 0 Å². The Balaban J connectivity index is 2.64. The second kappa shape index (κ2) is 4.92. The van der Waals surface area contributed by atoms with Gasteiger partial charge in [0, 0.05) is 6.26 Å². The van der Waals surface area contributed by atoms with Gasteiger partial charge in [-0.2, -0.15) is 5.26 Å². The lowest BCUT2D eigenvalue weighted by atomic mass is 9.76. The van der Waals surface area contributed by atoms with Crippen molar-refractivity contribution in [3.05, 3.63) is 0 Å². The van der Waals surface area contributed by atoms with Crippen molar-refractivity contribution in [3.63, 3.8) is 0 Å². The summed E-state index contributed by atoms with van der Waals surface area (Å²) in [6, 6.07) is 2.12. The number of amides is 1. The number of nitriles is 1. The van der Waals surface area contributed by atoms with Crippen LogP contribution >= 0.6 is 0 Å². The van der Waals surface area contributed by atoms with Crippen molar-refractivity contribution in [1.82, 2.24) is 0 Å². The van der Waals surface area contributed by atoms with E-state index in [1.54, 1.807) is 0 Å². The molecule has 0 aromatic rings. The van der Waals surface area contributed by atoms with E-state index in [4.69, 9.17) is 11.0 Å². The second-order valence-corrected chi connectivity index (χ2v) is 6.85. The van der Waals surface area contributed by atoms with Crippen LogP contribution in [0.25, 0.3) is 0 Å². The number of carbonyl (C=O) groups excluding carboxylic acids is 1. The standard InChI is InChI=1S/C10H16N2O4S/c1-17(14,15)8-2-4-10(6-11,5-3-8)7-16-9(12)13/h8H,2-5,7H2,1H3,(H2,12,13)/t8-,10+. The van der Waals surface area contributed by atoms with Crippen molar-refractivity contribution in [2.24, 2.45) is 11.1 Å². The minimum atomic E-state index is -3.06. The molecule has 1 rings (SSSR count). The number of hydrogen-bond acceptors (Lipinski definition) is 5. The van der Waals surface area contributed by atoms with Crippen molar-refractivity contribution in [2.75, 3.05) is 12.9 Å². The van der Waals surface area contributed by atoms with Gasteiger partial charge in [0.25, 0.3) is 0 Å². The normalized spacial score (nSPS) is 29.3. The molecular weight excluding hydrogens is 244 g/mol. The fourth-order valence-electron chi connectivity index (χ4n) is 2.07. The smallest absolute Gasteiger partial charge is 0.404 e. The van der Waals surface area contributed by atoms with Crippen LogP contribution in [0.15, 0.2) is 0 Å². The van der Waals surface area contributed by atoms with E-state index in [0.717, 1.165) is 0 Å². The summed E-state index contributed by atoms with van der Waals surface area (Å²) in [6.07, 6.45) is 1.97. The molecule has 7 heteroatoms. The third-order valence-electron chi connectivity index (χ3n) is 3.22. The van der Waals surface area contributed by atoms with Crippen molar-refractivity contribution in [2.45, 2.75) is 30.9 Å². The van der Waals surface area contributed by atoms with E-state index in [-0.39, 0.29) is 6.61 Å². The zero-order valence-electron chi connectivity index (χ0n) is 9.68. The summed E-state index contributed by atoms with van der Waals surface area (Å²) >= 11 is 0. The maximum absolute atomic E-state index is 11.4. The first-order valence-corrected chi connectivity index (χ1v) is 7.27. The van der Waals surface area contributed by atoms with Gasteiger partial charge in [0.05, 0.1) is 16.7 Å². The highest BCUT2D eigenvalue weighted by Crippen LogP contribution is 2.38. The summed E-state index contributed by atoms with van der Waals surface area (Å²) in [5.41, 5.74) is 4.07. The third kappa shape index (κ3) is 3.60. The highest BCUT2D eigenvalue weighted by molar-refractivity contribution is 7.91. The molecule has 1 aliphatic carbocycles. The highest BCUT2D eigenvalue weighted by atomic mass is 32.2. The number of nitrogens with two attached hydrogens (primary N) is 1. The summed E-state index contributed by atoms with van der Waals surface area (Å²) in [7, 11) is -3.06. The molecule has 0 aliphatic heterocycles. The zero-order chi connectivity index (χ0) is 13.1. The molecule has 1 amide bonds. The molecule has 2 N–H and O–H groups in total. The Morgan fingerprint density at radius 3 is 2.41 bits per heavy atom. The molecule has 0 unspecified atom stereocenters. The van der Waals surface area contributed by atoms with Crippen LogP contribution in [0.4, 0.5) is 4.79 Å². The molecule has 0 aromatic heterocycles. The zero-order valence-corrected chi connectivity index (χ0v) is 10.5. The van der Waals surface area contributed by atoms with E-state index in [1.807, 2.05) is 0 Å². The quantitative estimate of drug-likeness (QED) is 0.798. The number of nitrogens with zero attached hydrogens (tertiary/aromatic N) is 1. The van der Waals surface area contributed by atoms with Gasteiger partial charge in [0.15, 0.2) is 0 Å². The molecule has 6 nitrogen and oxygen atoms in total. The molecule has 0 spiro atoms. The maximum Gasteiger partial charge on any atom is 0.404 e. The molecule has 17 heavy (non-hydrogen) atoms. The van der Waals surface area contributed by atoms with E-state index < -0.39 is 26.6 Å². The predicted octanol–water partition coefficient (Wildman–Crippen LogP) is 0.579. The van der Waals surface area contributed by atoms with Gasteiger partial charge in [0.2, 0.25) is 0 Å². The van der Waals surface area contributed by atoms with Crippen LogP contribution in [-0.4, -0.2) is 32.6 Å². The Hall–Kier alpha value is -1.29. The first-order chi connectivity index (χ1) is 7.79. The lowest BCUT2D eigenvalue weighted by Crippen LogP contribution is -2.36. The molecule has 0 atom stereocenters. The van der Waals surface area contributed by atoms with Crippen LogP contribution in [0.1, 0.15) is 25.7 Å². The van der Waals surface area contributed by atoms with Crippen LogP contribution in [0.5, 0.6) is 0 Å². The van der Waals surface area contributed by atoms with Gasteiger partial charge in [0.1, 0.15) is 16.4 Å². The summed E-state index contributed by atoms with van der Waals surface area (Å²) in [6.45, 7) is -0.0602. The maximum atomic E-state index is 11.4. The van der Waals surface area contributed by atoms with Gasteiger partial charge < -0.3 is 10.5 Å². The van der Waals surface area contributed by atoms with Gasteiger partial charge in [-0.15, -0.1) is 0 Å². The minimum absolute atomic E-state index is 0.0602. The van der Waals surface area contributed by atoms with Crippen LogP contribution in [0, 0.1) is 16.7 Å². The minimum Gasteiger partial charge on any atom is -0.448 e. The molecule has 0 heterocycles. The second-order valence-electron chi connectivity index (χ2n) is 4.53. The van der Waals surface area contributed by atoms with Crippen LogP contribution in [0.3, 0.4) is 0 Å². The average Bonchev–Trinajstić information content (AvgIpc) is 2.26. The van der Waals surface area contributed by atoms with Crippen molar-refractivity contribution in [3.8, 4) is 6.07 Å². The molecule has 0 saturated heterocycles. The van der Waals surface area contributed by atoms with Gasteiger partial charge in [-0.1, -0.05) is 0 Å². The number of ether oxygens (including phenoxy) is 1. The van der Waals surface area contributed by atoms with E-state index in [1.165, 1.54) is 6.26 Å². The number of sulfone groups is 1. The fraction of sp³-hybridized carbons (Fsp3) is 0.800. The SMILES string of the molecule is CS(=O)(=O)[C@H]1CC[C@@](C#N)(COC(N)=O)CC1. The number of primary amides is 1. The molecule has 0 radical (unpaired) electrons. The van der Waals surface area contributed by atoms with Gasteiger partial charge in [-0.05, 0) is 25.7 Å². The third-order valence-corrected chi connectivity index (χ3v) is 4.91. The topological polar surface area (TPSA) is 110 Å². The Kier molecular flexibility index (Phi) is 3.98. The molecular formula is C10H16N2O4S. The van der Waals surface area contributed by atoms with Gasteiger partial charge in [-0.25, -0.2) is 13.2 Å². The highest BCUT2D eigenvalue weighted by Gasteiger charge is 2.39. The number of rotatable bonds is 3. The monoisotopic (exact) mass is 260 g/mol. The molecule has 1 fully saturated rings. The largest absolute Gasteiger partial charge is 0.448 e. The van der Waals surface area contributed by atoms with E-state index in [2.05, 4.69) is 10.8 Å². The van der Waals surface area contributed by atoms with Crippen molar-refractivity contribution < 1.29 is 17.9 Å². The lowest BCUT2D eigenvalue weighted by molar-refractivity contribution is 0.0951. The molecule has 1 saturated carbocycles. The Morgan fingerprint density at radius 1 is 1.53 bits per heavy atom. The van der Waals surface area contributed by atoms with Crippen molar-refractivity contribution in [1.29, 1.82) is 5.26 Å². The first-order valence-electron chi connectivity index (χ1n) is 5.31. The number of hydrogen-bond donors (Lipinski definition) is 1. The molecule has 0 bridgehead atoms. The molecule has 1 aliphatic rings. The van der Waals surface area contributed by atoms with Crippen LogP contribution in [-0.2, 0) is 14.6 Å². The number of carbonyl (C=O) groups is 1. The predicted molar refractivity (Wildman–Crippen MR) is 60.7 cm³/mol. The average molecular weight is 260 g/mol. The summed E-state index contributed by atoms with van der Waals surface area (Å²) in [5, 5.41) is 8.72. The summed E-state index contributed by atoms with van der Waals surface area (Å²) < 4.78 is 27.4.